The van der Waals surface area contributed by atoms with Crippen molar-refractivity contribution in [3.63, 3.8) is 0 Å². The summed E-state index contributed by atoms with van der Waals surface area (Å²) in [5.41, 5.74) is 1.05. The summed E-state index contributed by atoms with van der Waals surface area (Å²) in [4.78, 5) is 9.54. The number of nitrogens with zero attached hydrogens (tertiary/aromatic N) is 1. The lowest BCUT2D eigenvalue weighted by Gasteiger charge is -2.08. The van der Waals surface area contributed by atoms with E-state index in [1.54, 1.807) is 0 Å². The number of benzene rings is 1. The molecular formula is C12H17NO4S. The quantitative estimate of drug-likeness (QED) is 0.365. The second-order valence-corrected chi connectivity index (χ2v) is 5.81. The zero-order valence-electron chi connectivity index (χ0n) is 10.7. The molecule has 0 radical (unpaired) electrons. The Morgan fingerprint density at radius 3 is 2.33 bits per heavy atom. The lowest BCUT2D eigenvalue weighted by Crippen LogP contribution is -2.03. The van der Waals surface area contributed by atoms with Crippen LogP contribution in [0.15, 0.2) is 41.3 Å². The fourth-order valence-electron chi connectivity index (χ4n) is 1.11. The molecule has 100 valence electrons. The van der Waals surface area contributed by atoms with E-state index < -0.39 is 5.09 Å². The highest BCUT2D eigenvalue weighted by molar-refractivity contribution is 7.95. The molecule has 0 aromatic heterocycles. The molecule has 0 aliphatic rings. The van der Waals surface area contributed by atoms with Gasteiger partial charge >= 0.3 is 0 Å². The Morgan fingerprint density at radius 1 is 1.39 bits per heavy atom. The molecule has 0 aliphatic carbocycles. The van der Waals surface area contributed by atoms with Crippen LogP contribution in [-0.2, 0) is 10.9 Å². The van der Waals surface area contributed by atoms with E-state index in [0.717, 1.165) is 11.3 Å². The standard InChI is InChI=1S/C12H17OS.NO3/c1-10(2)9-13-11-7-5-6-8-12(11)14(3)4;2-1(3)4/h5-8H,1,9H2,2-4H3;/q+1;-1. The van der Waals surface area contributed by atoms with Crippen molar-refractivity contribution in [2.45, 2.75) is 11.8 Å². The monoisotopic (exact) mass is 271 g/mol. The Balaban J connectivity index is 0.000000631. The third kappa shape index (κ3) is 7.56. The van der Waals surface area contributed by atoms with Crippen LogP contribution in [0.4, 0.5) is 0 Å². The van der Waals surface area contributed by atoms with Crippen LogP contribution >= 0.6 is 0 Å². The summed E-state index contributed by atoms with van der Waals surface area (Å²) < 4.78 is 5.67. The molecule has 6 heteroatoms. The van der Waals surface area contributed by atoms with Crippen LogP contribution in [0.5, 0.6) is 5.75 Å². The highest BCUT2D eigenvalue weighted by Gasteiger charge is 2.14. The first-order chi connectivity index (χ1) is 8.34. The predicted octanol–water partition coefficient (Wildman–Crippen LogP) is 2.64. The Hall–Kier alpha value is -1.69. The molecule has 0 saturated heterocycles. The molecule has 0 spiro atoms. The minimum absolute atomic E-state index is 0.240. The molecule has 1 aromatic carbocycles. The maximum atomic E-state index is 8.25. The van der Waals surface area contributed by atoms with Crippen molar-refractivity contribution in [3.8, 4) is 5.75 Å². The minimum atomic E-state index is -1.75. The summed E-state index contributed by atoms with van der Waals surface area (Å²) in [6, 6.07) is 8.20. The molecule has 1 aromatic rings. The SMILES string of the molecule is C=C(C)COc1ccccc1[S+](C)C.O=[N+]([O-])[O-]. The van der Waals surface area contributed by atoms with E-state index in [4.69, 9.17) is 20.1 Å². The van der Waals surface area contributed by atoms with Gasteiger partial charge < -0.3 is 20.1 Å². The molecule has 0 N–H and O–H groups in total. The molecule has 0 fully saturated rings. The first kappa shape index (κ1) is 16.3. The average molecular weight is 271 g/mol. The summed E-state index contributed by atoms with van der Waals surface area (Å²) >= 11 is 0. The zero-order chi connectivity index (χ0) is 14.1. The van der Waals surface area contributed by atoms with E-state index in [9.17, 15) is 0 Å². The fourth-order valence-corrected chi connectivity index (χ4v) is 1.99. The summed E-state index contributed by atoms with van der Waals surface area (Å²) in [7, 11) is 0.240. The molecule has 0 amide bonds. The van der Waals surface area contributed by atoms with Crippen molar-refractivity contribution in [3.05, 3.63) is 51.7 Å². The van der Waals surface area contributed by atoms with Gasteiger partial charge in [-0.2, -0.15) is 0 Å². The van der Waals surface area contributed by atoms with E-state index in [2.05, 4.69) is 31.2 Å². The van der Waals surface area contributed by atoms with Crippen molar-refractivity contribution >= 4 is 10.9 Å². The lowest BCUT2D eigenvalue weighted by molar-refractivity contribution is -0.402. The highest BCUT2D eigenvalue weighted by Crippen LogP contribution is 2.23. The molecule has 0 aliphatic heterocycles. The molecule has 5 nitrogen and oxygen atoms in total. The summed E-state index contributed by atoms with van der Waals surface area (Å²) in [6.45, 7) is 6.40. The van der Waals surface area contributed by atoms with Gasteiger partial charge in [0.25, 0.3) is 0 Å². The molecule has 0 atom stereocenters. The Kier molecular flexibility index (Phi) is 7.62. The van der Waals surface area contributed by atoms with Crippen LogP contribution in [0.3, 0.4) is 0 Å². The number of hydrogen-bond acceptors (Lipinski definition) is 4. The van der Waals surface area contributed by atoms with Crippen molar-refractivity contribution in [1.29, 1.82) is 0 Å². The van der Waals surface area contributed by atoms with E-state index in [1.807, 2.05) is 19.1 Å². The average Bonchev–Trinajstić information content (AvgIpc) is 2.25. The topological polar surface area (TPSA) is 75.4 Å². The Morgan fingerprint density at radius 2 is 1.89 bits per heavy atom. The highest BCUT2D eigenvalue weighted by atomic mass is 32.2. The summed E-state index contributed by atoms with van der Waals surface area (Å²) in [5, 5.41) is 14.8. The van der Waals surface area contributed by atoms with Crippen LogP contribution in [-0.4, -0.2) is 24.2 Å². The van der Waals surface area contributed by atoms with E-state index in [1.165, 1.54) is 4.90 Å². The lowest BCUT2D eigenvalue weighted by atomic mass is 10.3. The van der Waals surface area contributed by atoms with Crippen molar-refractivity contribution in [1.82, 2.24) is 0 Å². The summed E-state index contributed by atoms with van der Waals surface area (Å²) in [5.74, 6) is 0.990. The first-order valence-corrected chi connectivity index (χ1v) is 7.14. The molecule has 0 heterocycles. The van der Waals surface area contributed by atoms with Gasteiger partial charge in [0.1, 0.15) is 19.1 Å². The third-order valence-corrected chi connectivity index (χ3v) is 2.98. The number of hydrogen-bond donors (Lipinski definition) is 0. The van der Waals surface area contributed by atoms with Gasteiger partial charge in [0, 0.05) is 10.9 Å². The molecular weight excluding hydrogens is 254 g/mol. The second kappa shape index (κ2) is 8.41. The maximum Gasteiger partial charge on any atom is 0.196 e. The molecule has 18 heavy (non-hydrogen) atoms. The van der Waals surface area contributed by atoms with E-state index >= 15 is 0 Å². The van der Waals surface area contributed by atoms with Gasteiger partial charge in [0.15, 0.2) is 10.6 Å². The van der Waals surface area contributed by atoms with Crippen molar-refractivity contribution < 1.29 is 9.82 Å². The van der Waals surface area contributed by atoms with Gasteiger partial charge in [-0.25, -0.2) is 0 Å². The minimum Gasteiger partial charge on any atom is -0.484 e. The molecule has 0 unspecified atom stereocenters. The van der Waals surface area contributed by atoms with Crippen LogP contribution in [0.25, 0.3) is 0 Å². The molecule has 1 rings (SSSR count). The van der Waals surface area contributed by atoms with Gasteiger partial charge in [-0.1, -0.05) is 18.7 Å². The maximum absolute atomic E-state index is 8.25. The van der Waals surface area contributed by atoms with Crippen molar-refractivity contribution in [2.75, 3.05) is 19.1 Å². The van der Waals surface area contributed by atoms with Crippen LogP contribution < -0.4 is 4.74 Å². The molecule has 0 saturated carbocycles. The smallest absolute Gasteiger partial charge is 0.196 e. The van der Waals surface area contributed by atoms with Crippen LogP contribution in [0.1, 0.15) is 6.92 Å². The number of para-hydroxylation sites is 1. The normalized spacial score (nSPS) is 9.33. The second-order valence-electron chi connectivity index (χ2n) is 3.73. The van der Waals surface area contributed by atoms with Gasteiger partial charge in [-0.15, -0.1) is 0 Å². The number of rotatable bonds is 4. The largest absolute Gasteiger partial charge is 0.484 e. The van der Waals surface area contributed by atoms with Gasteiger partial charge in [0.05, 0.1) is 5.09 Å². The summed E-state index contributed by atoms with van der Waals surface area (Å²) in [6.07, 6.45) is 4.39. The van der Waals surface area contributed by atoms with Crippen LogP contribution in [0.2, 0.25) is 0 Å². The van der Waals surface area contributed by atoms with E-state index in [0.29, 0.717) is 6.61 Å². The first-order valence-electron chi connectivity index (χ1n) is 5.10. The predicted molar refractivity (Wildman–Crippen MR) is 74.6 cm³/mol. The third-order valence-electron chi connectivity index (χ3n) is 1.76. The molecule has 0 bridgehead atoms. The van der Waals surface area contributed by atoms with Gasteiger partial charge in [-0.3, -0.25) is 0 Å². The van der Waals surface area contributed by atoms with Crippen LogP contribution in [0, 0.1) is 15.3 Å². The Labute approximate surface area is 110 Å². The Bertz CT molecular complexity index is 403. The number of ether oxygens (including phenoxy) is 1. The van der Waals surface area contributed by atoms with Gasteiger partial charge in [0.2, 0.25) is 0 Å². The fraction of sp³-hybridized carbons (Fsp3) is 0.333. The van der Waals surface area contributed by atoms with Crippen molar-refractivity contribution in [2.24, 2.45) is 0 Å². The van der Waals surface area contributed by atoms with E-state index in [-0.39, 0.29) is 10.9 Å². The van der Waals surface area contributed by atoms with Gasteiger partial charge in [-0.05, 0) is 24.6 Å². The zero-order valence-corrected chi connectivity index (χ0v) is 11.5.